The molecule has 0 fully saturated rings. The van der Waals surface area contributed by atoms with Crippen molar-refractivity contribution in [3.8, 4) is 0 Å². The predicted molar refractivity (Wildman–Crippen MR) is 110 cm³/mol. The first-order chi connectivity index (χ1) is 14.6. The van der Waals surface area contributed by atoms with Crippen LogP contribution in [0.1, 0.15) is 33.3 Å². The van der Waals surface area contributed by atoms with Crippen LogP contribution in [0, 0.1) is 13.8 Å². The number of fused-ring (bicyclic) bond motifs is 1. The second-order valence-electron chi connectivity index (χ2n) is 6.80. The van der Waals surface area contributed by atoms with Crippen molar-refractivity contribution in [2.75, 3.05) is 5.32 Å². The number of carbonyl (C=O) groups excluding carboxylic acids is 1. The maximum absolute atomic E-state index is 13.3. The van der Waals surface area contributed by atoms with E-state index in [2.05, 4.69) is 36.3 Å². The van der Waals surface area contributed by atoms with Gasteiger partial charge in [-0.25, -0.2) is 9.97 Å². The fourth-order valence-corrected chi connectivity index (χ4v) is 3.56. The van der Waals surface area contributed by atoms with Crippen LogP contribution in [0.15, 0.2) is 45.6 Å². The Balaban J connectivity index is 1.74. The highest BCUT2D eigenvalue weighted by molar-refractivity contribution is 9.10. The number of amides is 1. The predicted octanol–water partition coefficient (Wildman–Crippen LogP) is 5.12. The summed E-state index contributed by atoms with van der Waals surface area (Å²) in [5.74, 6) is -0.263. The minimum absolute atomic E-state index is 0.0659. The summed E-state index contributed by atoms with van der Waals surface area (Å²) in [5.41, 5.74) is 0.312. The number of halogens is 4. The molecule has 0 atom stereocenters. The Morgan fingerprint density at radius 1 is 1.26 bits per heavy atom. The Morgan fingerprint density at radius 2 is 2.03 bits per heavy atom. The van der Waals surface area contributed by atoms with E-state index in [1.807, 2.05) is 0 Å². The molecule has 11 heteroatoms. The summed E-state index contributed by atoms with van der Waals surface area (Å²) < 4.78 is 47.5. The van der Waals surface area contributed by atoms with Crippen LogP contribution in [-0.2, 0) is 12.7 Å². The molecule has 0 unspecified atom stereocenters. The molecule has 4 aromatic rings. The number of pyridine rings is 1. The van der Waals surface area contributed by atoms with Gasteiger partial charge in [-0.05, 0) is 38.1 Å². The minimum atomic E-state index is -4.69. The lowest BCUT2D eigenvalue weighted by molar-refractivity contribution is -0.140. The first-order valence-electron chi connectivity index (χ1n) is 9.04. The highest BCUT2D eigenvalue weighted by atomic mass is 79.9. The molecule has 1 aromatic carbocycles. The molecule has 3 aromatic heterocycles. The van der Waals surface area contributed by atoms with Gasteiger partial charge in [0.1, 0.15) is 18.5 Å². The van der Waals surface area contributed by atoms with Crippen LogP contribution in [0.2, 0.25) is 0 Å². The van der Waals surface area contributed by atoms with E-state index in [0.29, 0.717) is 32.8 Å². The number of anilines is 1. The summed E-state index contributed by atoms with van der Waals surface area (Å²) in [6.07, 6.45) is -1.74. The number of aromatic nitrogens is 4. The van der Waals surface area contributed by atoms with E-state index in [1.165, 1.54) is 18.5 Å². The number of aryl methyl sites for hydroxylation is 1. The lowest BCUT2D eigenvalue weighted by Crippen LogP contribution is -2.17. The van der Waals surface area contributed by atoms with Crippen LogP contribution in [0.3, 0.4) is 0 Å². The number of oxazole rings is 1. The summed E-state index contributed by atoms with van der Waals surface area (Å²) in [7, 11) is 0. The van der Waals surface area contributed by atoms with E-state index in [0.717, 1.165) is 6.07 Å². The monoisotopic (exact) mass is 493 g/mol. The third-order valence-electron chi connectivity index (χ3n) is 4.69. The number of carbonyl (C=O) groups is 1. The lowest BCUT2D eigenvalue weighted by Gasteiger charge is -2.13. The molecule has 0 spiro atoms. The standard InChI is InChI=1S/C20H15BrF3N5O2/c1-10-18(11(2)29(28-10)9-17-25-5-6-31-17)27-19(30)14-8-16(20(22,23)24)26-15-4-3-12(21)7-13(14)15/h3-8H,9H2,1-2H3,(H,27,30). The summed E-state index contributed by atoms with van der Waals surface area (Å²) in [4.78, 5) is 20.8. The first kappa shape index (κ1) is 21.0. The van der Waals surface area contributed by atoms with Gasteiger partial charge in [-0.3, -0.25) is 9.48 Å². The van der Waals surface area contributed by atoms with Crippen LogP contribution in [0.5, 0.6) is 0 Å². The molecule has 0 aliphatic heterocycles. The molecular weight excluding hydrogens is 479 g/mol. The van der Waals surface area contributed by atoms with E-state index < -0.39 is 17.8 Å². The third kappa shape index (κ3) is 4.18. The highest BCUT2D eigenvalue weighted by Gasteiger charge is 2.34. The maximum atomic E-state index is 13.3. The van der Waals surface area contributed by atoms with Crippen LogP contribution in [0.4, 0.5) is 18.9 Å². The zero-order valence-electron chi connectivity index (χ0n) is 16.3. The highest BCUT2D eigenvalue weighted by Crippen LogP contribution is 2.32. The Bertz CT molecular complexity index is 1280. The van der Waals surface area contributed by atoms with Crippen molar-refractivity contribution in [2.45, 2.75) is 26.6 Å². The molecule has 160 valence electrons. The average Bonchev–Trinajstić information content (AvgIpc) is 3.30. The Morgan fingerprint density at radius 3 is 2.71 bits per heavy atom. The smallest absolute Gasteiger partial charge is 0.433 e. The van der Waals surface area contributed by atoms with Crippen molar-refractivity contribution < 1.29 is 22.4 Å². The number of nitrogens with one attached hydrogen (secondary N) is 1. The molecule has 0 aliphatic carbocycles. The first-order valence-corrected chi connectivity index (χ1v) is 9.84. The molecule has 1 amide bonds. The largest absolute Gasteiger partial charge is 0.447 e. The number of nitrogens with zero attached hydrogens (tertiary/aromatic N) is 4. The van der Waals surface area contributed by atoms with E-state index in [4.69, 9.17) is 4.42 Å². The molecule has 0 saturated heterocycles. The number of alkyl halides is 3. The summed E-state index contributed by atoms with van der Waals surface area (Å²) in [6, 6.07) is 5.31. The van der Waals surface area contributed by atoms with Crippen molar-refractivity contribution >= 4 is 38.4 Å². The zero-order valence-corrected chi connectivity index (χ0v) is 17.9. The normalized spacial score (nSPS) is 11.8. The van der Waals surface area contributed by atoms with Crippen LogP contribution >= 0.6 is 15.9 Å². The van der Waals surface area contributed by atoms with Crippen molar-refractivity contribution in [3.63, 3.8) is 0 Å². The fraction of sp³-hybridized carbons (Fsp3) is 0.200. The van der Waals surface area contributed by atoms with Gasteiger partial charge in [0.15, 0.2) is 0 Å². The van der Waals surface area contributed by atoms with Crippen LogP contribution in [0.25, 0.3) is 10.9 Å². The molecule has 0 bridgehead atoms. The lowest BCUT2D eigenvalue weighted by atomic mass is 10.1. The molecule has 31 heavy (non-hydrogen) atoms. The van der Waals surface area contributed by atoms with Gasteiger partial charge in [0, 0.05) is 9.86 Å². The van der Waals surface area contributed by atoms with Gasteiger partial charge in [0.25, 0.3) is 5.91 Å². The SMILES string of the molecule is Cc1nn(Cc2ncco2)c(C)c1NC(=O)c1cc(C(F)(F)F)nc2ccc(Br)cc12. The molecule has 3 heterocycles. The summed E-state index contributed by atoms with van der Waals surface area (Å²) in [5, 5.41) is 7.36. The van der Waals surface area contributed by atoms with Crippen molar-refractivity contribution in [3.05, 3.63) is 69.7 Å². The van der Waals surface area contributed by atoms with Crippen molar-refractivity contribution in [2.24, 2.45) is 0 Å². The van der Waals surface area contributed by atoms with Crippen LogP contribution in [-0.4, -0.2) is 25.7 Å². The molecule has 0 aliphatic rings. The van der Waals surface area contributed by atoms with Gasteiger partial charge < -0.3 is 9.73 Å². The van der Waals surface area contributed by atoms with Gasteiger partial charge in [-0.2, -0.15) is 18.3 Å². The second kappa shape index (κ2) is 7.80. The Hall–Kier alpha value is -3.21. The number of hydrogen-bond acceptors (Lipinski definition) is 5. The molecule has 1 N–H and O–H groups in total. The number of benzene rings is 1. The molecule has 7 nitrogen and oxygen atoms in total. The summed E-state index contributed by atoms with van der Waals surface area (Å²) in [6.45, 7) is 3.68. The minimum Gasteiger partial charge on any atom is -0.447 e. The van der Waals surface area contributed by atoms with Gasteiger partial charge in [-0.15, -0.1) is 0 Å². The third-order valence-corrected chi connectivity index (χ3v) is 5.19. The molecule has 0 saturated carbocycles. The van der Waals surface area contributed by atoms with E-state index in [9.17, 15) is 18.0 Å². The maximum Gasteiger partial charge on any atom is 0.433 e. The van der Waals surface area contributed by atoms with E-state index in [1.54, 1.807) is 30.7 Å². The van der Waals surface area contributed by atoms with Crippen LogP contribution < -0.4 is 5.32 Å². The van der Waals surface area contributed by atoms with Gasteiger partial charge in [0.05, 0.1) is 34.4 Å². The zero-order chi connectivity index (χ0) is 22.3. The number of hydrogen-bond donors (Lipinski definition) is 1. The Kier molecular flexibility index (Phi) is 5.29. The van der Waals surface area contributed by atoms with Crippen molar-refractivity contribution in [1.29, 1.82) is 0 Å². The average molecular weight is 494 g/mol. The second-order valence-corrected chi connectivity index (χ2v) is 7.71. The Labute approximate surface area is 182 Å². The van der Waals surface area contributed by atoms with Gasteiger partial charge in [0.2, 0.25) is 5.89 Å². The van der Waals surface area contributed by atoms with E-state index >= 15 is 0 Å². The number of rotatable bonds is 4. The molecule has 0 radical (unpaired) electrons. The summed E-state index contributed by atoms with van der Waals surface area (Å²) >= 11 is 3.29. The van der Waals surface area contributed by atoms with Crippen molar-refractivity contribution in [1.82, 2.24) is 19.7 Å². The van der Waals surface area contributed by atoms with E-state index in [-0.39, 0.29) is 17.6 Å². The topological polar surface area (TPSA) is 85.8 Å². The molecular formula is C20H15BrF3N5O2. The quantitative estimate of drug-likeness (QED) is 0.426. The molecule has 4 rings (SSSR count). The van der Waals surface area contributed by atoms with Gasteiger partial charge in [-0.1, -0.05) is 15.9 Å². The fourth-order valence-electron chi connectivity index (χ4n) is 3.20. The van der Waals surface area contributed by atoms with Gasteiger partial charge >= 0.3 is 6.18 Å².